The summed E-state index contributed by atoms with van der Waals surface area (Å²) in [5.74, 6) is 0. The maximum Gasteiger partial charge on any atom is 0.120 e. The summed E-state index contributed by atoms with van der Waals surface area (Å²) < 4.78 is 0. The number of benzene rings is 2. The van der Waals surface area contributed by atoms with Crippen molar-refractivity contribution in [2.24, 2.45) is 0 Å². The number of nitrogens with one attached hydrogen (secondary N) is 1. The number of hydrogen-bond donors (Lipinski definition) is 1. The first-order chi connectivity index (χ1) is 14.2. The summed E-state index contributed by atoms with van der Waals surface area (Å²) in [5, 5.41) is 11.7. The summed E-state index contributed by atoms with van der Waals surface area (Å²) in [6.45, 7) is 6.68. The van der Waals surface area contributed by atoms with Crippen LogP contribution in [-0.2, 0) is 19.3 Å². The average Bonchev–Trinajstić information content (AvgIpc) is 3.28. The first-order valence-electron chi connectivity index (χ1n) is 10.3. The van der Waals surface area contributed by atoms with Gasteiger partial charge < -0.3 is 0 Å². The molecule has 4 aromatic rings. The van der Waals surface area contributed by atoms with E-state index in [-0.39, 0.29) is 0 Å². The lowest BCUT2D eigenvalue weighted by Crippen LogP contribution is -1.99. The van der Waals surface area contributed by atoms with E-state index < -0.39 is 0 Å². The Balaban J connectivity index is 1.74. The molecule has 0 aliphatic carbocycles. The molecule has 0 aliphatic heterocycles. The van der Waals surface area contributed by atoms with Crippen LogP contribution in [-0.4, -0.2) is 20.4 Å². The summed E-state index contributed by atoms with van der Waals surface area (Å²) >= 11 is 0. The van der Waals surface area contributed by atoms with E-state index in [4.69, 9.17) is 0 Å². The second-order valence-electron chi connectivity index (χ2n) is 7.19. The molecule has 1 N–H and O–H groups in total. The van der Waals surface area contributed by atoms with Crippen LogP contribution in [0.1, 0.15) is 37.5 Å². The minimum atomic E-state index is 0.909. The lowest BCUT2D eigenvalue weighted by atomic mass is 9.91. The van der Waals surface area contributed by atoms with Crippen molar-refractivity contribution in [2.75, 3.05) is 0 Å². The van der Waals surface area contributed by atoms with Crippen molar-refractivity contribution in [3.63, 3.8) is 0 Å². The Morgan fingerprint density at radius 3 is 2.03 bits per heavy atom. The monoisotopic (exact) mass is 382 g/mol. The molecule has 0 radical (unpaired) electrons. The van der Waals surface area contributed by atoms with E-state index in [2.05, 4.69) is 83.6 Å². The minimum absolute atomic E-state index is 0.909. The zero-order chi connectivity index (χ0) is 20.2. The van der Waals surface area contributed by atoms with E-state index >= 15 is 0 Å². The Hall–Kier alpha value is -3.27. The fourth-order valence-corrected chi connectivity index (χ4v) is 4.01. The number of aromatic nitrogens is 4. The van der Waals surface area contributed by atoms with Crippen molar-refractivity contribution < 1.29 is 0 Å². The van der Waals surface area contributed by atoms with Crippen LogP contribution < -0.4 is 0 Å². The number of aromatic amines is 1. The molecule has 146 valence electrons. The molecule has 0 atom stereocenters. The molecule has 0 bridgehead atoms. The van der Waals surface area contributed by atoms with E-state index in [1.165, 1.54) is 16.7 Å². The number of aryl methyl sites for hydroxylation is 2. The number of rotatable bonds is 6. The molecular formula is C25H26N4. The second kappa shape index (κ2) is 8.39. The largest absolute Gasteiger partial charge is 0.264 e. The molecule has 0 aliphatic rings. The summed E-state index contributed by atoms with van der Waals surface area (Å²) in [4.78, 5) is 4.21. The Kier molecular flexibility index (Phi) is 5.52. The van der Waals surface area contributed by atoms with Gasteiger partial charge in [0.15, 0.2) is 0 Å². The molecule has 2 aromatic carbocycles. The topological polar surface area (TPSA) is 54.5 Å². The van der Waals surface area contributed by atoms with Gasteiger partial charge in [0.25, 0.3) is 0 Å². The Morgan fingerprint density at radius 2 is 1.45 bits per heavy atom. The van der Waals surface area contributed by atoms with Gasteiger partial charge in [0, 0.05) is 23.5 Å². The van der Waals surface area contributed by atoms with Gasteiger partial charge in [0.05, 0.1) is 5.69 Å². The molecule has 4 heteroatoms. The van der Waals surface area contributed by atoms with Crippen LogP contribution >= 0.6 is 0 Å². The van der Waals surface area contributed by atoms with Gasteiger partial charge in [0.1, 0.15) is 5.69 Å². The maximum absolute atomic E-state index is 4.43. The molecule has 0 fully saturated rings. The fourth-order valence-electron chi connectivity index (χ4n) is 4.01. The van der Waals surface area contributed by atoms with Crippen LogP contribution in [0.25, 0.3) is 33.6 Å². The first-order valence-corrected chi connectivity index (χ1v) is 10.3. The Bertz CT molecular complexity index is 1070. The van der Waals surface area contributed by atoms with Crippen LogP contribution in [0.4, 0.5) is 0 Å². The average molecular weight is 383 g/mol. The summed E-state index contributed by atoms with van der Waals surface area (Å²) in [7, 11) is 0. The Morgan fingerprint density at radius 1 is 0.759 bits per heavy atom. The number of nitrogens with zero attached hydrogens (tertiary/aromatic N) is 3. The third-order valence-electron chi connectivity index (χ3n) is 5.54. The van der Waals surface area contributed by atoms with E-state index in [0.717, 1.165) is 52.9 Å². The normalized spacial score (nSPS) is 11.0. The predicted molar refractivity (Wildman–Crippen MR) is 119 cm³/mol. The maximum atomic E-state index is 4.43. The van der Waals surface area contributed by atoms with Gasteiger partial charge in [-0.15, -0.1) is 5.10 Å². The molecule has 29 heavy (non-hydrogen) atoms. The summed E-state index contributed by atoms with van der Waals surface area (Å²) in [6.07, 6.45) is 6.79. The molecule has 0 saturated heterocycles. The lowest BCUT2D eigenvalue weighted by molar-refractivity contribution is 0.942. The summed E-state index contributed by atoms with van der Waals surface area (Å²) in [6, 6.07) is 17.0. The second-order valence-corrected chi connectivity index (χ2v) is 7.19. The molecule has 0 spiro atoms. The van der Waals surface area contributed by atoms with Crippen LogP contribution in [0.15, 0.2) is 60.9 Å². The van der Waals surface area contributed by atoms with Gasteiger partial charge in [-0.05, 0) is 65.3 Å². The van der Waals surface area contributed by atoms with E-state index in [0.29, 0.717) is 0 Å². The van der Waals surface area contributed by atoms with E-state index in [9.17, 15) is 0 Å². The molecule has 4 nitrogen and oxygen atoms in total. The zero-order valence-electron chi connectivity index (χ0n) is 17.2. The smallest absolute Gasteiger partial charge is 0.120 e. The van der Waals surface area contributed by atoms with Crippen LogP contribution in [0.2, 0.25) is 0 Å². The number of pyridine rings is 1. The highest BCUT2D eigenvalue weighted by molar-refractivity contribution is 5.79. The SMILES string of the molecule is CCc1cc(-c2nn[nH]c2-c2ccc(-c3cccnc3)cc2)cc(CC)c1CC. The number of hydrogen-bond acceptors (Lipinski definition) is 3. The highest BCUT2D eigenvalue weighted by atomic mass is 15.3. The minimum Gasteiger partial charge on any atom is -0.264 e. The van der Waals surface area contributed by atoms with Crippen molar-refractivity contribution >= 4 is 0 Å². The van der Waals surface area contributed by atoms with Gasteiger partial charge >= 0.3 is 0 Å². The van der Waals surface area contributed by atoms with Crippen LogP contribution in [0, 0.1) is 0 Å². The highest BCUT2D eigenvalue weighted by Gasteiger charge is 2.15. The lowest BCUT2D eigenvalue weighted by Gasteiger charge is -2.14. The molecule has 0 saturated carbocycles. The van der Waals surface area contributed by atoms with Gasteiger partial charge in [0.2, 0.25) is 0 Å². The van der Waals surface area contributed by atoms with Crippen molar-refractivity contribution in [3.8, 4) is 33.6 Å². The standard InChI is InChI=1S/C25H26N4/c1-4-17-14-22(15-18(5-2)23(17)6-3)25-24(27-29-28-25)20-11-9-19(10-12-20)21-8-7-13-26-16-21/h7-16H,4-6H2,1-3H3,(H,27,28,29). The number of H-pyrrole nitrogens is 1. The van der Waals surface area contributed by atoms with Crippen molar-refractivity contribution in [3.05, 3.63) is 77.6 Å². The zero-order valence-corrected chi connectivity index (χ0v) is 17.2. The van der Waals surface area contributed by atoms with Gasteiger partial charge in [-0.25, -0.2) is 0 Å². The van der Waals surface area contributed by atoms with Gasteiger partial charge in [-0.1, -0.05) is 56.3 Å². The van der Waals surface area contributed by atoms with E-state index in [1.54, 1.807) is 6.20 Å². The molecular weight excluding hydrogens is 356 g/mol. The Labute approximate surface area is 172 Å². The fraction of sp³-hybridized carbons (Fsp3) is 0.240. The molecule has 2 heterocycles. The molecule has 0 amide bonds. The molecule has 0 unspecified atom stereocenters. The van der Waals surface area contributed by atoms with Crippen LogP contribution in [0.5, 0.6) is 0 Å². The van der Waals surface area contributed by atoms with Crippen LogP contribution in [0.3, 0.4) is 0 Å². The molecule has 2 aromatic heterocycles. The third kappa shape index (κ3) is 3.70. The van der Waals surface area contributed by atoms with Crippen molar-refractivity contribution in [2.45, 2.75) is 40.0 Å². The first kappa shape index (κ1) is 19.1. The highest BCUT2D eigenvalue weighted by Crippen LogP contribution is 2.32. The third-order valence-corrected chi connectivity index (χ3v) is 5.54. The molecule has 4 rings (SSSR count). The van der Waals surface area contributed by atoms with Gasteiger partial charge in [-0.3, -0.25) is 10.1 Å². The summed E-state index contributed by atoms with van der Waals surface area (Å²) in [5.41, 5.74) is 10.6. The van der Waals surface area contributed by atoms with E-state index in [1.807, 2.05) is 12.3 Å². The van der Waals surface area contributed by atoms with Crippen molar-refractivity contribution in [1.82, 2.24) is 20.4 Å². The van der Waals surface area contributed by atoms with Crippen molar-refractivity contribution in [1.29, 1.82) is 0 Å². The quantitative estimate of drug-likeness (QED) is 0.452. The van der Waals surface area contributed by atoms with Gasteiger partial charge in [-0.2, -0.15) is 0 Å². The predicted octanol–water partition coefficient (Wildman–Crippen LogP) is 5.89.